The van der Waals surface area contributed by atoms with Crippen molar-refractivity contribution in [2.24, 2.45) is 0 Å². The van der Waals surface area contributed by atoms with Gasteiger partial charge in [-0.2, -0.15) is 0 Å². The molecule has 2 aromatic rings. The van der Waals surface area contributed by atoms with Crippen LogP contribution in [0.1, 0.15) is 26.8 Å². The Balaban J connectivity index is 0.00000204. The molecule has 10 heteroatoms. The molecule has 4 atom stereocenters. The number of ether oxygens (including phenoxy) is 1. The average molecular weight is 479 g/mol. The minimum absolute atomic E-state index is 0. The van der Waals surface area contributed by atoms with Gasteiger partial charge in [0.25, 0.3) is 0 Å². The fourth-order valence-electron chi connectivity index (χ4n) is 4.09. The summed E-state index contributed by atoms with van der Waals surface area (Å²) in [5, 5.41) is 11.7. The maximum Gasteiger partial charge on any atom is 1.00 e. The third-order valence-electron chi connectivity index (χ3n) is 5.57. The van der Waals surface area contributed by atoms with Gasteiger partial charge in [0.1, 0.15) is 23.2 Å². The molecule has 4 unspecified atom stereocenters. The van der Waals surface area contributed by atoms with Gasteiger partial charge in [-0.15, -0.1) is 11.8 Å². The number of aliphatic carboxylic acids is 1. The van der Waals surface area contributed by atoms with E-state index in [0.29, 0.717) is 11.3 Å². The van der Waals surface area contributed by atoms with Crippen LogP contribution in [-0.2, 0) is 19.2 Å². The molecule has 0 aliphatic carbocycles. The molecule has 168 valence electrons. The zero-order valence-electron chi connectivity index (χ0n) is 19.4. The van der Waals surface area contributed by atoms with Crippen LogP contribution in [-0.4, -0.2) is 56.0 Å². The van der Waals surface area contributed by atoms with E-state index < -0.39 is 51.9 Å². The van der Waals surface area contributed by atoms with Crippen LogP contribution < -0.4 is 39.6 Å². The first-order valence-corrected chi connectivity index (χ1v) is 10.9. The molecule has 2 heterocycles. The summed E-state index contributed by atoms with van der Waals surface area (Å²) in [6, 6.07) is 15.0. The summed E-state index contributed by atoms with van der Waals surface area (Å²) in [4.78, 5) is 51.8. The van der Waals surface area contributed by atoms with Crippen molar-refractivity contribution in [3.8, 4) is 5.75 Å². The molecule has 2 aromatic carbocycles. The summed E-state index contributed by atoms with van der Waals surface area (Å²) in [6.45, 7) is 3.51. The molecular weight excluding hydrogens is 455 g/mol. The molecule has 2 aliphatic rings. The second kappa shape index (κ2) is 9.89. The second-order valence-electron chi connectivity index (χ2n) is 8.16. The largest absolute Gasteiger partial charge is 1.00 e. The van der Waals surface area contributed by atoms with E-state index in [-0.39, 0.29) is 31.0 Å². The quantitative estimate of drug-likeness (QED) is 0.182. The number of β-lactam (4-membered cyclic amide) rings is 1. The summed E-state index contributed by atoms with van der Waals surface area (Å²) in [6.07, 6.45) is 0. The van der Waals surface area contributed by atoms with E-state index in [4.69, 9.17) is 4.74 Å². The molecular formula is C23H23N2NaO6S. The number of esters is 1. The van der Waals surface area contributed by atoms with E-state index in [2.05, 4.69) is 5.32 Å². The smallest absolute Gasteiger partial charge is 1.00 e. The van der Waals surface area contributed by atoms with E-state index in [1.165, 1.54) is 16.7 Å². The van der Waals surface area contributed by atoms with Crippen LogP contribution in [0.5, 0.6) is 5.75 Å². The van der Waals surface area contributed by atoms with Crippen molar-refractivity contribution in [1.29, 1.82) is 0 Å². The Morgan fingerprint density at radius 1 is 1.09 bits per heavy atom. The summed E-state index contributed by atoms with van der Waals surface area (Å²) < 4.78 is 4.69. The first-order valence-electron chi connectivity index (χ1n) is 10.1. The molecule has 8 nitrogen and oxygen atoms in total. The predicted octanol–water partition coefficient (Wildman–Crippen LogP) is -0.876. The van der Waals surface area contributed by atoms with Crippen molar-refractivity contribution < 1.29 is 60.0 Å². The second-order valence-corrected chi connectivity index (χ2v) is 9.93. The number of thioether (sulfide) groups is 1. The van der Waals surface area contributed by atoms with E-state index >= 15 is 0 Å². The maximum absolute atomic E-state index is 13.2. The Hall–Kier alpha value is -2.33. The minimum Gasteiger partial charge on any atom is -1.00 e. The minimum atomic E-state index is -1.28. The van der Waals surface area contributed by atoms with E-state index in [0.717, 1.165) is 0 Å². The van der Waals surface area contributed by atoms with Gasteiger partial charge in [-0.1, -0.05) is 48.5 Å². The first-order chi connectivity index (χ1) is 15.2. The Bertz CT molecular complexity index is 1070. The molecule has 2 fully saturated rings. The molecule has 0 saturated carbocycles. The van der Waals surface area contributed by atoms with E-state index in [1.54, 1.807) is 74.5 Å². The van der Waals surface area contributed by atoms with Gasteiger partial charge in [0, 0.05) is 4.75 Å². The third kappa shape index (κ3) is 4.82. The van der Waals surface area contributed by atoms with Gasteiger partial charge in [-0.3, -0.25) is 14.4 Å². The molecule has 4 rings (SSSR count). The number of benzene rings is 2. The van der Waals surface area contributed by atoms with Gasteiger partial charge in [0.05, 0.1) is 0 Å². The first kappa shape index (κ1) is 25.3. The Kier molecular flexibility index (Phi) is 7.58. The average Bonchev–Trinajstić information content (AvgIpc) is 3.01. The SMILES string of the molecule is CC1(C)SC2C(NC(=O)C(C(=O)Oc3ccccc3)c3ccccc3)C(=O)N2C1C(=O)O.[H-].[Na+]. The Morgan fingerprint density at radius 3 is 2.24 bits per heavy atom. The van der Waals surface area contributed by atoms with Crippen molar-refractivity contribution in [1.82, 2.24) is 10.2 Å². The van der Waals surface area contributed by atoms with Crippen molar-refractivity contribution in [2.75, 3.05) is 0 Å². The number of carboxylic acid groups (broad SMARTS) is 1. The van der Waals surface area contributed by atoms with Gasteiger partial charge in [-0.05, 0) is 31.5 Å². The Labute approximate surface area is 218 Å². The number of rotatable bonds is 6. The number of nitrogens with one attached hydrogen (secondary N) is 1. The van der Waals surface area contributed by atoms with Crippen molar-refractivity contribution in [2.45, 2.75) is 42.0 Å². The van der Waals surface area contributed by atoms with Crippen LogP contribution in [0.4, 0.5) is 0 Å². The van der Waals surface area contributed by atoms with Crippen LogP contribution >= 0.6 is 11.8 Å². The van der Waals surface area contributed by atoms with E-state index in [1.807, 2.05) is 0 Å². The standard InChI is InChI=1S/C23H22N2O6S.Na.H/c1-23(2)17(21(28)29)25-19(27)16(20(25)32-23)24-18(26)15(13-9-5-3-6-10-13)22(30)31-14-11-7-4-8-12-14;;/h3-12,15-17,20H,1-2H3,(H,24,26)(H,28,29);;/q;+1;-1. The number of para-hydroxylation sites is 1. The van der Waals surface area contributed by atoms with Crippen LogP contribution in [0.3, 0.4) is 0 Å². The number of carboxylic acids is 1. The fraction of sp³-hybridized carbons (Fsp3) is 0.304. The molecule has 2 saturated heterocycles. The number of fused-ring (bicyclic) bond motifs is 1. The molecule has 0 spiro atoms. The Morgan fingerprint density at radius 2 is 1.67 bits per heavy atom. The summed E-state index contributed by atoms with van der Waals surface area (Å²) in [5.74, 6) is -3.99. The number of amides is 2. The molecule has 0 bridgehead atoms. The van der Waals surface area contributed by atoms with Crippen LogP contribution in [0.15, 0.2) is 60.7 Å². The van der Waals surface area contributed by atoms with Crippen LogP contribution in [0.25, 0.3) is 0 Å². The predicted molar refractivity (Wildman–Crippen MR) is 118 cm³/mol. The molecule has 2 aliphatic heterocycles. The van der Waals surface area contributed by atoms with Gasteiger partial charge < -0.3 is 21.5 Å². The zero-order valence-corrected chi connectivity index (χ0v) is 21.2. The number of carbonyl (C=O) groups excluding carboxylic acids is 3. The number of carbonyl (C=O) groups is 4. The topological polar surface area (TPSA) is 113 Å². The van der Waals surface area contributed by atoms with Gasteiger partial charge >= 0.3 is 41.5 Å². The summed E-state index contributed by atoms with van der Waals surface area (Å²) in [5.41, 5.74) is 0.428. The molecule has 0 radical (unpaired) electrons. The third-order valence-corrected chi connectivity index (χ3v) is 7.14. The number of nitrogens with zero attached hydrogens (tertiary/aromatic N) is 1. The number of hydrogen-bond acceptors (Lipinski definition) is 6. The maximum atomic E-state index is 13.2. The number of hydrogen-bond donors (Lipinski definition) is 2. The molecule has 2 N–H and O–H groups in total. The van der Waals surface area contributed by atoms with Gasteiger partial charge in [0.2, 0.25) is 11.8 Å². The van der Waals surface area contributed by atoms with Crippen molar-refractivity contribution in [3.05, 3.63) is 66.2 Å². The normalized spacial score (nSPS) is 23.4. The fourth-order valence-corrected chi connectivity index (χ4v) is 5.71. The molecule has 0 aromatic heterocycles. The summed E-state index contributed by atoms with van der Waals surface area (Å²) in [7, 11) is 0. The van der Waals surface area contributed by atoms with E-state index in [9.17, 15) is 24.3 Å². The van der Waals surface area contributed by atoms with Gasteiger partial charge in [-0.25, -0.2) is 4.79 Å². The zero-order chi connectivity index (χ0) is 23.0. The monoisotopic (exact) mass is 478 g/mol. The molecule has 2 amide bonds. The summed E-state index contributed by atoms with van der Waals surface area (Å²) >= 11 is 1.32. The van der Waals surface area contributed by atoms with Crippen LogP contribution in [0, 0.1) is 0 Å². The van der Waals surface area contributed by atoms with Crippen LogP contribution in [0.2, 0.25) is 0 Å². The van der Waals surface area contributed by atoms with Crippen molar-refractivity contribution >= 4 is 35.5 Å². The van der Waals surface area contributed by atoms with Crippen molar-refractivity contribution in [3.63, 3.8) is 0 Å². The van der Waals surface area contributed by atoms with Gasteiger partial charge in [0.15, 0.2) is 5.92 Å². The molecule has 33 heavy (non-hydrogen) atoms.